The van der Waals surface area contributed by atoms with Gasteiger partial charge in [0.1, 0.15) is 5.54 Å². The third-order valence-electron chi connectivity index (χ3n) is 2.38. The summed E-state index contributed by atoms with van der Waals surface area (Å²) >= 11 is 0. The van der Waals surface area contributed by atoms with Gasteiger partial charge in [-0.15, -0.1) is 0 Å². The first kappa shape index (κ1) is 10.1. The van der Waals surface area contributed by atoms with E-state index in [4.69, 9.17) is 4.74 Å². The van der Waals surface area contributed by atoms with Gasteiger partial charge >= 0.3 is 5.97 Å². The summed E-state index contributed by atoms with van der Waals surface area (Å²) in [5.41, 5.74) is -0.538. The molecule has 74 valence electrons. The molecule has 13 heavy (non-hydrogen) atoms. The zero-order valence-electron chi connectivity index (χ0n) is 8.46. The SMILES string of the molecule is CCC(C)OC(=O)C1(C)CC=CN1. The second-order valence-corrected chi connectivity index (χ2v) is 3.71. The highest BCUT2D eigenvalue weighted by molar-refractivity contribution is 5.81. The summed E-state index contributed by atoms with van der Waals surface area (Å²) in [5.74, 6) is -0.160. The number of carbonyl (C=O) groups excluding carboxylic acids is 1. The second kappa shape index (κ2) is 3.81. The average molecular weight is 183 g/mol. The molecule has 0 aromatic heterocycles. The Morgan fingerprint density at radius 2 is 2.46 bits per heavy atom. The Labute approximate surface area is 79.2 Å². The zero-order valence-corrected chi connectivity index (χ0v) is 8.46. The van der Waals surface area contributed by atoms with E-state index in [1.165, 1.54) is 0 Å². The number of esters is 1. The molecule has 0 aromatic carbocycles. The van der Waals surface area contributed by atoms with Gasteiger partial charge in [-0.2, -0.15) is 0 Å². The van der Waals surface area contributed by atoms with Crippen LogP contribution >= 0.6 is 0 Å². The van der Waals surface area contributed by atoms with Crippen molar-refractivity contribution in [1.82, 2.24) is 5.32 Å². The molecule has 0 saturated carbocycles. The van der Waals surface area contributed by atoms with Gasteiger partial charge in [-0.3, -0.25) is 0 Å². The minimum atomic E-state index is -0.538. The molecule has 0 bridgehead atoms. The first-order valence-corrected chi connectivity index (χ1v) is 4.72. The van der Waals surface area contributed by atoms with Gasteiger partial charge in [0.15, 0.2) is 0 Å². The van der Waals surface area contributed by atoms with Crippen LogP contribution < -0.4 is 5.32 Å². The molecule has 1 rings (SSSR count). The van der Waals surface area contributed by atoms with Crippen LogP contribution in [-0.4, -0.2) is 17.6 Å². The molecule has 1 aliphatic heterocycles. The van der Waals surface area contributed by atoms with Crippen molar-refractivity contribution in [3.63, 3.8) is 0 Å². The molecule has 1 aliphatic rings. The molecule has 0 aliphatic carbocycles. The molecule has 0 radical (unpaired) electrons. The van der Waals surface area contributed by atoms with E-state index < -0.39 is 5.54 Å². The average Bonchev–Trinajstić information content (AvgIpc) is 2.53. The van der Waals surface area contributed by atoms with Crippen LogP contribution in [0, 0.1) is 0 Å². The molecule has 2 atom stereocenters. The van der Waals surface area contributed by atoms with E-state index in [9.17, 15) is 4.79 Å². The fraction of sp³-hybridized carbons (Fsp3) is 0.700. The van der Waals surface area contributed by atoms with E-state index in [1.54, 1.807) is 6.20 Å². The summed E-state index contributed by atoms with van der Waals surface area (Å²) < 4.78 is 5.24. The van der Waals surface area contributed by atoms with Crippen molar-refractivity contribution in [3.8, 4) is 0 Å². The third-order valence-corrected chi connectivity index (χ3v) is 2.38. The molecule has 1 N–H and O–H groups in total. The predicted molar refractivity (Wildman–Crippen MR) is 51.1 cm³/mol. The predicted octanol–water partition coefficient (Wildman–Crippen LogP) is 1.59. The van der Waals surface area contributed by atoms with E-state index in [0.717, 1.165) is 6.42 Å². The van der Waals surface area contributed by atoms with Crippen molar-refractivity contribution in [2.75, 3.05) is 0 Å². The molecule has 0 saturated heterocycles. The van der Waals surface area contributed by atoms with E-state index in [-0.39, 0.29) is 12.1 Å². The molecule has 2 unspecified atom stereocenters. The maximum absolute atomic E-state index is 11.6. The van der Waals surface area contributed by atoms with Crippen LogP contribution in [0.2, 0.25) is 0 Å². The van der Waals surface area contributed by atoms with Crippen LogP contribution in [0.15, 0.2) is 12.3 Å². The number of hydrogen-bond donors (Lipinski definition) is 1. The Hall–Kier alpha value is -0.990. The van der Waals surface area contributed by atoms with Crippen LogP contribution in [0.3, 0.4) is 0 Å². The summed E-state index contributed by atoms with van der Waals surface area (Å²) in [4.78, 5) is 11.6. The largest absolute Gasteiger partial charge is 0.461 e. The minimum absolute atomic E-state index is 0.00623. The van der Waals surface area contributed by atoms with Gasteiger partial charge in [-0.05, 0) is 26.5 Å². The van der Waals surface area contributed by atoms with Gasteiger partial charge < -0.3 is 10.1 Å². The molecule has 0 aromatic rings. The van der Waals surface area contributed by atoms with E-state index in [2.05, 4.69) is 5.32 Å². The van der Waals surface area contributed by atoms with Gasteiger partial charge in [0.2, 0.25) is 0 Å². The van der Waals surface area contributed by atoms with Gasteiger partial charge in [-0.1, -0.05) is 13.0 Å². The summed E-state index contributed by atoms with van der Waals surface area (Å²) in [5, 5.41) is 3.01. The highest BCUT2D eigenvalue weighted by Crippen LogP contribution is 2.18. The molecular formula is C10H17NO2. The molecule has 0 spiro atoms. The zero-order chi connectivity index (χ0) is 9.90. The topological polar surface area (TPSA) is 38.3 Å². The highest BCUT2D eigenvalue weighted by Gasteiger charge is 2.35. The summed E-state index contributed by atoms with van der Waals surface area (Å²) in [6, 6.07) is 0. The van der Waals surface area contributed by atoms with Crippen molar-refractivity contribution in [2.24, 2.45) is 0 Å². The Balaban J connectivity index is 2.47. The van der Waals surface area contributed by atoms with Crippen molar-refractivity contribution in [1.29, 1.82) is 0 Å². The van der Waals surface area contributed by atoms with Crippen LogP contribution in [0.1, 0.15) is 33.6 Å². The normalized spacial score (nSPS) is 28.2. The maximum atomic E-state index is 11.6. The quantitative estimate of drug-likeness (QED) is 0.675. The Kier molecular flexibility index (Phi) is 2.96. The third kappa shape index (κ3) is 2.23. The lowest BCUT2D eigenvalue weighted by atomic mass is 10.0. The minimum Gasteiger partial charge on any atom is -0.461 e. The number of hydrogen-bond acceptors (Lipinski definition) is 3. The Bertz CT molecular complexity index is 215. The standard InChI is InChI=1S/C10H17NO2/c1-4-8(2)13-9(12)10(3)6-5-7-11-10/h5,7-8,11H,4,6H2,1-3H3. The van der Waals surface area contributed by atoms with Crippen LogP contribution in [0.4, 0.5) is 0 Å². The number of carbonyl (C=O) groups is 1. The van der Waals surface area contributed by atoms with Gasteiger partial charge in [0.05, 0.1) is 6.10 Å². The highest BCUT2D eigenvalue weighted by atomic mass is 16.5. The summed E-state index contributed by atoms with van der Waals surface area (Å²) in [6.07, 6.45) is 5.32. The van der Waals surface area contributed by atoms with E-state index >= 15 is 0 Å². The lowest BCUT2D eigenvalue weighted by Gasteiger charge is -2.24. The Morgan fingerprint density at radius 1 is 1.77 bits per heavy atom. The molecule has 0 amide bonds. The Morgan fingerprint density at radius 3 is 2.92 bits per heavy atom. The number of rotatable bonds is 3. The van der Waals surface area contributed by atoms with Crippen molar-refractivity contribution < 1.29 is 9.53 Å². The van der Waals surface area contributed by atoms with Gasteiger partial charge in [-0.25, -0.2) is 4.79 Å². The summed E-state index contributed by atoms with van der Waals surface area (Å²) in [7, 11) is 0. The number of ether oxygens (including phenoxy) is 1. The first-order chi connectivity index (χ1) is 6.08. The molecule has 3 heteroatoms. The molecular weight excluding hydrogens is 166 g/mol. The van der Waals surface area contributed by atoms with Gasteiger partial charge in [0, 0.05) is 6.42 Å². The lowest BCUT2D eigenvalue weighted by Crippen LogP contribution is -2.46. The lowest BCUT2D eigenvalue weighted by molar-refractivity contribution is -0.155. The van der Waals surface area contributed by atoms with Crippen molar-refractivity contribution in [3.05, 3.63) is 12.3 Å². The van der Waals surface area contributed by atoms with E-state index in [0.29, 0.717) is 6.42 Å². The van der Waals surface area contributed by atoms with Crippen molar-refractivity contribution >= 4 is 5.97 Å². The molecule has 1 heterocycles. The smallest absolute Gasteiger partial charge is 0.332 e. The fourth-order valence-electron chi connectivity index (χ4n) is 1.13. The van der Waals surface area contributed by atoms with Crippen LogP contribution in [0.5, 0.6) is 0 Å². The van der Waals surface area contributed by atoms with Crippen LogP contribution in [-0.2, 0) is 9.53 Å². The molecule has 3 nitrogen and oxygen atoms in total. The fourth-order valence-corrected chi connectivity index (χ4v) is 1.13. The van der Waals surface area contributed by atoms with Gasteiger partial charge in [0.25, 0.3) is 0 Å². The monoisotopic (exact) mass is 183 g/mol. The van der Waals surface area contributed by atoms with Crippen molar-refractivity contribution in [2.45, 2.75) is 45.3 Å². The van der Waals surface area contributed by atoms with E-state index in [1.807, 2.05) is 26.8 Å². The first-order valence-electron chi connectivity index (χ1n) is 4.72. The summed E-state index contributed by atoms with van der Waals surface area (Å²) in [6.45, 7) is 5.77. The second-order valence-electron chi connectivity index (χ2n) is 3.71. The number of nitrogens with one attached hydrogen (secondary N) is 1. The molecule has 0 fully saturated rings. The maximum Gasteiger partial charge on any atom is 0.332 e. The van der Waals surface area contributed by atoms with Crippen LogP contribution in [0.25, 0.3) is 0 Å².